The molecule has 33 heavy (non-hydrogen) atoms. The fourth-order valence-electron chi connectivity index (χ4n) is 4.48. The average molecular weight is 483 g/mol. The van der Waals surface area contributed by atoms with Crippen molar-refractivity contribution in [2.45, 2.75) is 5.51 Å². The van der Waals surface area contributed by atoms with Gasteiger partial charge in [-0.1, -0.05) is 54.6 Å². The zero-order valence-corrected chi connectivity index (χ0v) is 18.3. The van der Waals surface area contributed by atoms with Crippen molar-refractivity contribution in [3.05, 3.63) is 78.9 Å². The number of fused-ring (bicyclic) bond motifs is 3. The average Bonchev–Trinajstić information content (AvgIpc) is 3.17. The lowest BCUT2D eigenvalue weighted by molar-refractivity contribution is -0.0500. The van der Waals surface area contributed by atoms with Crippen molar-refractivity contribution < 1.29 is 25.8 Å². The van der Waals surface area contributed by atoms with Crippen LogP contribution in [0.1, 0.15) is 0 Å². The van der Waals surface area contributed by atoms with Crippen LogP contribution in [0.3, 0.4) is 0 Å². The van der Waals surface area contributed by atoms with Gasteiger partial charge in [-0.05, 0) is 56.9 Å². The van der Waals surface area contributed by atoms with Gasteiger partial charge in [0.2, 0.25) is 0 Å². The van der Waals surface area contributed by atoms with Crippen molar-refractivity contribution in [3.63, 3.8) is 0 Å². The Hall–Kier alpha value is -3.36. The van der Waals surface area contributed by atoms with E-state index >= 15 is 0 Å². The van der Waals surface area contributed by atoms with Crippen molar-refractivity contribution in [3.8, 4) is 16.9 Å². The van der Waals surface area contributed by atoms with Crippen LogP contribution in [-0.2, 0) is 10.1 Å². The van der Waals surface area contributed by atoms with Gasteiger partial charge in [-0.2, -0.15) is 21.6 Å². The van der Waals surface area contributed by atoms with Crippen LogP contribution in [0.25, 0.3) is 52.8 Å². The van der Waals surface area contributed by atoms with Crippen LogP contribution < -0.4 is 4.18 Å². The van der Waals surface area contributed by atoms with Gasteiger partial charge >= 0.3 is 15.6 Å². The Morgan fingerprint density at radius 2 is 1.33 bits per heavy atom. The first-order valence-corrected chi connectivity index (χ1v) is 12.2. The molecule has 0 fully saturated rings. The number of alkyl halides is 3. The normalized spacial score (nSPS) is 12.9. The van der Waals surface area contributed by atoms with Gasteiger partial charge in [0.1, 0.15) is 5.75 Å². The molecule has 0 aliphatic rings. The summed E-state index contributed by atoms with van der Waals surface area (Å²) in [5, 5.41) is 5.36. The number of thiophene rings is 1. The number of hydrogen-bond donors (Lipinski definition) is 0. The molecule has 0 saturated carbocycles. The number of rotatable bonds is 3. The molecule has 0 unspecified atom stereocenters. The van der Waals surface area contributed by atoms with Crippen molar-refractivity contribution >= 4 is 63.2 Å². The monoisotopic (exact) mass is 482 g/mol. The third-order valence-electron chi connectivity index (χ3n) is 5.77. The van der Waals surface area contributed by atoms with Crippen molar-refractivity contribution in [2.24, 2.45) is 0 Å². The van der Waals surface area contributed by atoms with E-state index in [2.05, 4.69) is 4.18 Å². The fraction of sp³-hybridized carbons (Fsp3) is 0.0400. The largest absolute Gasteiger partial charge is 0.534 e. The molecular formula is C25H13F3O3S2. The Labute approximate surface area is 190 Å². The first kappa shape index (κ1) is 20.3. The molecule has 6 aromatic rings. The summed E-state index contributed by atoms with van der Waals surface area (Å²) < 4.78 is 69.5. The van der Waals surface area contributed by atoms with E-state index in [9.17, 15) is 21.6 Å². The highest BCUT2D eigenvalue weighted by molar-refractivity contribution is 7.88. The van der Waals surface area contributed by atoms with Crippen LogP contribution in [-0.4, -0.2) is 13.9 Å². The highest BCUT2D eigenvalue weighted by atomic mass is 32.2. The van der Waals surface area contributed by atoms with Crippen LogP contribution in [0.5, 0.6) is 5.75 Å². The molecule has 6 rings (SSSR count). The Kier molecular flexibility index (Phi) is 4.19. The molecule has 0 spiro atoms. The second kappa shape index (κ2) is 6.82. The van der Waals surface area contributed by atoms with E-state index in [-0.39, 0.29) is 5.75 Å². The smallest absolute Gasteiger partial charge is 0.376 e. The molecule has 0 atom stereocenters. The Morgan fingerprint density at radius 3 is 2.00 bits per heavy atom. The van der Waals surface area contributed by atoms with Gasteiger partial charge in [-0.25, -0.2) is 0 Å². The molecule has 8 heteroatoms. The van der Waals surface area contributed by atoms with Crippen LogP contribution >= 0.6 is 11.3 Å². The first-order valence-electron chi connectivity index (χ1n) is 9.94. The SMILES string of the molecule is O=S(=O)(Oc1cc(-c2ccccc2)c2c(c1)c1cccc3sc4cccc2c4c31)C(F)(F)F. The summed E-state index contributed by atoms with van der Waals surface area (Å²) in [4.78, 5) is 0. The van der Waals surface area contributed by atoms with Gasteiger partial charge in [-0.15, -0.1) is 11.3 Å². The maximum absolute atomic E-state index is 13.1. The van der Waals surface area contributed by atoms with Crippen LogP contribution in [0.2, 0.25) is 0 Å². The number of halogens is 3. The zero-order chi connectivity index (χ0) is 23.0. The summed E-state index contributed by atoms with van der Waals surface area (Å²) in [5.41, 5.74) is -4.18. The molecule has 1 heterocycles. The summed E-state index contributed by atoms with van der Waals surface area (Å²) in [6, 6.07) is 23.7. The number of hydrogen-bond acceptors (Lipinski definition) is 4. The predicted octanol–water partition coefficient (Wildman–Crippen LogP) is 7.69. The second-order valence-electron chi connectivity index (χ2n) is 7.70. The van der Waals surface area contributed by atoms with Crippen molar-refractivity contribution in [1.82, 2.24) is 0 Å². The highest BCUT2D eigenvalue weighted by Gasteiger charge is 2.48. The second-order valence-corrected chi connectivity index (χ2v) is 10.3. The fourth-order valence-corrected chi connectivity index (χ4v) is 6.09. The van der Waals surface area contributed by atoms with E-state index < -0.39 is 15.6 Å². The van der Waals surface area contributed by atoms with Gasteiger partial charge in [0.15, 0.2) is 0 Å². The van der Waals surface area contributed by atoms with E-state index in [0.717, 1.165) is 41.9 Å². The minimum atomic E-state index is -5.82. The van der Waals surface area contributed by atoms with Crippen LogP contribution in [0.4, 0.5) is 13.2 Å². The maximum Gasteiger partial charge on any atom is 0.534 e. The van der Waals surface area contributed by atoms with Gasteiger partial charge in [0, 0.05) is 20.2 Å². The summed E-state index contributed by atoms with van der Waals surface area (Å²) in [6.45, 7) is 0. The van der Waals surface area contributed by atoms with E-state index in [1.807, 2.05) is 66.7 Å². The van der Waals surface area contributed by atoms with Gasteiger partial charge < -0.3 is 4.18 Å². The van der Waals surface area contributed by atoms with Crippen LogP contribution in [0.15, 0.2) is 78.9 Å². The lowest BCUT2D eigenvalue weighted by Gasteiger charge is -2.16. The molecule has 1 aromatic heterocycles. The van der Waals surface area contributed by atoms with Gasteiger partial charge in [0.25, 0.3) is 0 Å². The zero-order valence-electron chi connectivity index (χ0n) is 16.7. The Balaban J connectivity index is 1.80. The Bertz CT molecular complexity index is 1790. The highest BCUT2D eigenvalue weighted by Crippen LogP contribution is 2.48. The molecule has 164 valence electrons. The quantitative estimate of drug-likeness (QED) is 0.148. The molecule has 0 N–H and O–H groups in total. The predicted molar refractivity (Wildman–Crippen MR) is 127 cm³/mol. The minimum Gasteiger partial charge on any atom is -0.376 e. The molecule has 5 aromatic carbocycles. The van der Waals surface area contributed by atoms with Crippen molar-refractivity contribution in [1.29, 1.82) is 0 Å². The van der Waals surface area contributed by atoms with Gasteiger partial charge in [0.05, 0.1) is 0 Å². The summed E-state index contributed by atoms with van der Waals surface area (Å²) in [6.07, 6.45) is 0. The standard InChI is InChI=1S/C25H13F3O3S2/c26-25(27,28)33(29,30)31-15-12-18(14-6-2-1-3-7-14)22-17-9-5-11-21-24(17)23-16(19(22)13-15)8-4-10-20(23)32-21/h1-13H. The van der Waals surface area contributed by atoms with Gasteiger partial charge in [-0.3, -0.25) is 0 Å². The van der Waals surface area contributed by atoms with E-state index in [1.54, 1.807) is 11.3 Å². The van der Waals surface area contributed by atoms with Crippen LogP contribution in [0, 0.1) is 0 Å². The topological polar surface area (TPSA) is 43.4 Å². The molecule has 0 saturated heterocycles. The van der Waals surface area contributed by atoms with Crippen molar-refractivity contribution in [2.75, 3.05) is 0 Å². The van der Waals surface area contributed by atoms with E-state index in [0.29, 0.717) is 10.9 Å². The summed E-state index contributed by atoms with van der Waals surface area (Å²) in [5.74, 6) is -0.382. The lowest BCUT2D eigenvalue weighted by atomic mass is 9.89. The lowest BCUT2D eigenvalue weighted by Crippen LogP contribution is -2.28. The molecule has 3 nitrogen and oxygen atoms in total. The molecule has 0 amide bonds. The van der Waals surface area contributed by atoms with E-state index in [1.165, 1.54) is 12.1 Å². The molecule has 0 aliphatic carbocycles. The maximum atomic E-state index is 13.1. The Morgan fingerprint density at radius 1 is 0.697 bits per heavy atom. The van der Waals surface area contributed by atoms with E-state index in [4.69, 9.17) is 0 Å². The third-order valence-corrected chi connectivity index (χ3v) is 7.87. The molecule has 0 radical (unpaired) electrons. The molecule has 0 bridgehead atoms. The molecule has 0 aliphatic heterocycles. The summed E-state index contributed by atoms with van der Waals surface area (Å²) >= 11 is 1.64. The third kappa shape index (κ3) is 2.98. The minimum absolute atomic E-state index is 0.382. The first-order chi connectivity index (χ1) is 15.7. The molecular weight excluding hydrogens is 469 g/mol. The summed E-state index contributed by atoms with van der Waals surface area (Å²) in [7, 11) is -5.82. The number of benzene rings is 5.